The smallest absolute Gasteiger partial charge is 0.194 e. The fraction of sp³-hybridized carbons (Fsp3) is 0.125. The van der Waals surface area contributed by atoms with Crippen molar-refractivity contribution in [2.75, 3.05) is 6.26 Å². The van der Waals surface area contributed by atoms with Crippen LogP contribution in [0.5, 0.6) is 0 Å². The van der Waals surface area contributed by atoms with Gasteiger partial charge in [0.15, 0.2) is 14.9 Å². The number of hydrogen-bond donors (Lipinski definition) is 0. The molecule has 0 bridgehead atoms. The van der Waals surface area contributed by atoms with E-state index in [4.69, 9.17) is 0 Å². The van der Waals surface area contributed by atoms with Crippen molar-refractivity contribution in [2.24, 2.45) is 0 Å². The van der Waals surface area contributed by atoms with E-state index in [1.54, 1.807) is 6.20 Å². The van der Waals surface area contributed by atoms with Crippen LogP contribution in [0.1, 0.15) is 22.5 Å². The van der Waals surface area contributed by atoms with E-state index in [-0.39, 0.29) is 5.03 Å². The second-order valence-corrected chi connectivity index (χ2v) is 9.04. The molecular formula is C24H22N2O2S. The predicted molar refractivity (Wildman–Crippen MR) is 115 cm³/mol. The van der Waals surface area contributed by atoms with Crippen molar-refractivity contribution in [3.63, 3.8) is 0 Å². The molecule has 29 heavy (non-hydrogen) atoms. The summed E-state index contributed by atoms with van der Waals surface area (Å²) in [5.74, 6) is 0.627. The summed E-state index contributed by atoms with van der Waals surface area (Å²) in [4.78, 5) is 4.40. The minimum absolute atomic E-state index is 0.0715. The lowest BCUT2D eigenvalue weighted by Gasteiger charge is -2.38. The maximum absolute atomic E-state index is 12.3. The van der Waals surface area contributed by atoms with Crippen LogP contribution in [-0.4, -0.2) is 24.2 Å². The highest BCUT2D eigenvalue weighted by atomic mass is 32.2. The Balaban J connectivity index is 2.17. The van der Waals surface area contributed by atoms with E-state index < -0.39 is 15.4 Å². The Morgan fingerprint density at radius 3 is 1.41 bits per heavy atom. The molecule has 1 aromatic heterocycles. The monoisotopic (exact) mass is 402 g/mol. The van der Waals surface area contributed by atoms with Gasteiger partial charge in [0.05, 0.1) is 0 Å². The van der Waals surface area contributed by atoms with Gasteiger partial charge in [0, 0.05) is 12.5 Å². The summed E-state index contributed by atoms with van der Waals surface area (Å²) in [7, 11) is -3.44. The topological polar surface area (TPSA) is 52.0 Å². The number of benzene rings is 3. The zero-order chi connectivity index (χ0) is 20.5. The van der Waals surface area contributed by atoms with Crippen molar-refractivity contribution in [2.45, 2.75) is 17.5 Å². The number of rotatable bonds is 5. The maximum atomic E-state index is 12.3. The molecule has 0 saturated carbocycles. The largest absolute Gasteiger partial charge is 0.315 e. The molecule has 0 fully saturated rings. The second kappa shape index (κ2) is 7.33. The molecule has 0 amide bonds. The van der Waals surface area contributed by atoms with E-state index in [1.807, 2.05) is 66.1 Å². The summed E-state index contributed by atoms with van der Waals surface area (Å²) in [6.45, 7) is 1.85. The average Bonchev–Trinajstić information content (AvgIpc) is 3.14. The summed E-state index contributed by atoms with van der Waals surface area (Å²) in [5.41, 5.74) is 2.32. The number of nitrogens with zero attached hydrogens (tertiary/aromatic N) is 2. The third-order valence-electron chi connectivity index (χ3n) is 5.18. The van der Waals surface area contributed by atoms with Gasteiger partial charge in [-0.05, 0) is 23.6 Å². The fourth-order valence-electron chi connectivity index (χ4n) is 3.92. The standard InChI is InChI=1S/C24H22N2O2S/c1-19-25-23(29(2,27)28)18-26(19)24(20-12-6-3-7-13-20,21-14-8-4-9-15-21)22-16-10-5-11-17-22/h3-18H,1-2H3. The molecule has 0 radical (unpaired) electrons. The van der Waals surface area contributed by atoms with Crippen molar-refractivity contribution < 1.29 is 8.42 Å². The maximum Gasteiger partial charge on any atom is 0.194 e. The number of hydrogen-bond acceptors (Lipinski definition) is 3. The van der Waals surface area contributed by atoms with Crippen LogP contribution < -0.4 is 0 Å². The lowest BCUT2D eigenvalue weighted by molar-refractivity contribution is 0.501. The first kappa shape index (κ1) is 19.2. The summed E-state index contributed by atoms with van der Waals surface area (Å²) in [6, 6.07) is 30.3. The summed E-state index contributed by atoms with van der Waals surface area (Å²) in [6.07, 6.45) is 2.84. The van der Waals surface area contributed by atoms with Crippen LogP contribution in [0.2, 0.25) is 0 Å². The van der Waals surface area contributed by atoms with Crippen LogP contribution in [0.25, 0.3) is 0 Å². The Labute approximate surface area is 171 Å². The molecule has 0 aliphatic rings. The molecule has 4 rings (SSSR count). The van der Waals surface area contributed by atoms with Crippen molar-refractivity contribution in [3.8, 4) is 0 Å². The Kier molecular flexibility index (Phi) is 4.84. The van der Waals surface area contributed by atoms with Crippen LogP contribution in [0.4, 0.5) is 0 Å². The zero-order valence-electron chi connectivity index (χ0n) is 16.4. The first-order valence-electron chi connectivity index (χ1n) is 9.37. The molecule has 0 aliphatic heterocycles. The van der Waals surface area contributed by atoms with E-state index in [0.29, 0.717) is 5.82 Å². The van der Waals surface area contributed by atoms with Gasteiger partial charge in [-0.15, -0.1) is 0 Å². The number of aromatic nitrogens is 2. The minimum atomic E-state index is -3.44. The van der Waals surface area contributed by atoms with Crippen LogP contribution >= 0.6 is 0 Å². The molecule has 4 nitrogen and oxygen atoms in total. The van der Waals surface area contributed by atoms with Gasteiger partial charge in [0.1, 0.15) is 11.4 Å². The molecule has 4 aromatic rings. The molecular weight excluding hydrogens is 380 g/mol. The molecule has 0 saturated heterocycles. The summed E-state index contributed by atoms with van der Waals surface area (Å²) >= 11 is 0. The molecule has 0 unspecified atom stereocenters. The lowest BCUT2D eigenvalue weighted by atomic mass is 9.76. The van der Waals surface area contributed by atoms with E-state index in [0.717, 1.165) is 16.7 Å². The number of sulfone groups is 1. The Hall–Kier alpha value is -3.18. The number of aryl methyl sites for hydroxylation is 1. The van der Waals surface area contributed by atoms with Crippen LogP contribution in [0.3, 0.4) is 0 Å². The van der Waals surface area contributed by atoms with Gasteiger partial charge in [0.25, 0.3) is 0 Å². The van der Waals surface area contributed by atoms with Crippen molar-refractivity contribution in [3.05, 3.63) is 120 Å². The van der Waals surface area contributed by atoms with E-state index in [2.05, 4.69) is 41.4 Å². The van der Waals surface area contributed by atoms with Gasteiger partial charge in [-0.25, -0.2) is 13.4 Å². The Morgan fingerprint density at radius 1 is 0.724 bits per heavy atom. The molecule has 146 valence electrons. The van der Waals surface area contributed by atoms with E-state index in [1.165, 1.54) is 6.26 Å². The molecule has 0 spiro atoms. The highest BCUT2D eigenvalue weighted by molar-refractivity contribution is 7.90. The SMILES string of the molecule is Cc1nc(S(C)(=O)=O)cn1C(c1ccccc1)(c1ccccc1)c1ccccc1. The molecule has 0 aliphatic carbocycles. The van der Waals surface area contributed by atoms with Gasteiger partial charge in [-0.1, -0.05) is 91.0 Å². The van der Waals surface area contributed by atoms with Gasteiger partial charge >= 0.3 is 0 Å². The van der Waals surface area contributed by atoms with Crippen LogP contribution in [0.15, 0.2) is 102 Å². The number of imidazole rings is 1. The summed E-state index contributed by atoms with van der Waals surface area (Å²) < 4.78 is 26.5. The first-order valence-corrected chi connectivity index (χ1v) is 11.3. The van der Waals surface area contributed by atoms with Crippen molar-refractivity contribution in [1.29, 1.82) is 0 Å². The third kappa shape index (κ3) is 3.28. The van der Waals surface area contributed by atoms with E-state index in [9.17, 15) is 8.42 Å². The lowest BCUT2D eigenvalue weighted by Crippen LogP contribution is -2.38. The first-order chi connectivity index (χ1) is 13.9. The van der Waals surface area contributed by atoms with Crippen LogP contribution in [-0.2, 0) is 15.4 Å². The molecule has 0 N–H and O–H groups in total. The average molecular weight is 403 g/mol. The minimum Gasteiger partial charge on any atom is -0.315 e. The zero-order valence-corrected chi connectivity index (χ0v) is 17.2. The highest BCUT2D eigenvalue weighted by Gasteiger charge is 2.40. The van der Waals surface area contributed by atoms with Crippen LogP contribution in [0, 0.1) is 6.92 Å². The third-order valence-corrected chi connectivity index (χ3v) is 6.13. The Bertz CT molecular complexity index is 1120. The van der Waals surface area contributed by atoms with Crippen molar-refractivity contribution >= 4 is 9.84 Å². The quantitative estimate of drug-likeness (QED) is 0.464. The van der Waals surface area contributed by atoms with Gasteiger partial charge in [-0.2, -0.15) is 0 Å². The normalized spacial score (nSPS) is 12.1. The van der Waals surface area contributed by atoms with Gasteiger partial charge in [-0.3, -0.25) is 0 Å². The summed E-state index contributed by atoms with van der Waals surface area (Å²) in [5, 5.41) is 0.0715. The van der Waals surface area contributed by atoms with Crippen molar-refractivity contribution in [1.82, 2.24) is 9.55 Å². The predicted octanol–water partition coefficient (Wildman–Crippen LogP) is 4.44. The molecule has 1 heterocycles. The fourth-order valence-corrected chi connectivity index (χ4v) is 4.51. The van der Waals surface area contributed by atoms with Gasteiger partial charge in [0.2, 0.25) is 0 Å². The second-order valence-electron chi connectivity index (χ2n) is 7.08. The molecule has 5 heteroatoms. The Morgan fingerprint density at radius 2 is 1.10 bits per heavy atom. The van der Waals surface area contributed by atoms with Gasteiger partial charge < -0.3 is 4.57 Å². The van der Waals surface area contributed by atoms with E-state index >= 15 is 0 Å². The molecule has 0 atom stereocenters. The molecule has 3 aromatic carbocycles. The highest BCUT2D eigenvalue weighted by Crippen LogP contribution is 2.41.